The number of nitrogens with zero attached hydrogens (tertiary/aromatic N) is 2. The van der Waals surface area contributed by atoms with Gasteiger partial charge in [-0.2, -0.15) is 23.0 Å². The van der Waals surface area contributed by atoms with Crippen molar-refractivity contribution in [3.05, 3.63) is 81.8 Å². The Bertz CT molecular complexity index is 1160. The summed E-state index contributed by atoms with van der Waals surface area (Å²) in [7, 11) is 1.50. The van der Waals surface area contributed by atoms with Crippen molar-refractivity contribution in [1.82, 2.24) is 15.1 Å². The number of methoxy groups -OCH3 is 1. The monoisotopic (exact) mass is 432 g/mol. The highest BCUT2D eigenvalue weighted by Gasteiger charge is 2.31. The van der Waals surface area contributed by atoms with Crippen molar-refractivity contribution in [2.75, 3.05) is 12.8 Å². The summed E-state index contributed by atoms with van der Waals surface area (Å²) in [5, 5.41) is 6.64. The molecule has 162 valence electrons. The number of carbonyl (C=O) groups is 1. The number of benzene rings is 2. The number of amides is 1. The zero-order valence-electron chi connectivity index (χ0n) is 16.6. The molecule has 0 aliphatic carbocycles. The molecule has 3 N–H and O–H groups in total. The van der Waals surface area contributed by atoms with Crippen molar-refractivity contribution in [3.8, 4) is 11.4 Å². The number of aromatic nitrogens is 2. The quantitative estimate of drug-likeness (QED) is 0.603. The summed E-state index contributed by atoms with van der Waals surface area (Å²) >= 11 is 0. The van der Waals surface area contributed by atoms with E-state index in [-0.39, 0.29) is 16.9 Å². The number of halogens is 3. The Hall–Kier alpha value is -3.82. The van der Waals surface area contributed by atoms with Crippen molar-refractivity contribution in [2.45, 2.75) is 19.1 Å². The largest absolute Gasteiger partial charge is 0.497 e. The predicted molar refractivity (Wildman–Crippen MR) is 108 cm³/mol. The van der Waals surface area contributed by atoms with Crippen LogP contribution in [0.25, 0.3) is 5.69 Å². The standard InChI is InChI=1S/C21H19F3N4O3/c1-12(13-9-14(21(22,23)24)11-15(25)10-13)26-20(30)18-7-8-19(29)28(27-18)16-3-5-17(31-2)6-4-16/h3-12H,25H2,1-2H3,(H,26,30)/t12-/m1/s1. The molecule has 1 amide bonds. The van der Waals surface area contributed by atoms with Crippen LogP contribution in [0, 0.1) is 0 Å². The second-order valence-electron chi connectivity index (χ2n) is 6.75. The molecule has 10 heteroatoms. The van der Waals surface area contributed by atoms with Gasteiger partial charge in [0.1, 0.15) is 11.4 Å². The maximum Gasteiger partial charge on any atom is 0.416 e. The van der Waals surface area contributed by atoms with Crippen molar-refractivity contribution >= 4 is 11.6 Å². The van der Waals surface area contributed by atoms with E-state index in [9.17, 15) is 22.8 Å². The number of hydrogen-bond acceptors (Lipinski definition) is 5. The second-order valence-corrected chi connectivity index (χ2v) is 6.75. The topological polar surface area (TPSA) is 99.2 Å². The highest BCUT2D eigenvalue weighted by molar-refractivity contribution is 5.92. The number of nitrogen functional groups attached to an aromatic ring is 1. The van der Waals surface area contributed by atoms with Crippen molar-refractivity contribution < 1.29 is 22.7 Å². The minimum atomic E-state index is -4.57. The van der Waals surface area contributed by atoms with Crippen LogP contribution in [0.15, 0.2) is 59.4 Å². The van der Waals surface area contributed by atoms with E-state index in [1.165, 1.54) is 32.2 Å². The van der Waals surface area contributed by atoms with E-state index < -0.39 is 29.2 Å². The molecule has 2 aromatic carbocycles. The Morgan fingerprint density at radius 2 is 1.81 bits per heavy atom. The summed E-state index contributed by atoms with van der Waals surface area (Å²) in [5.41, 5.74) is 4.67. The van der Waals surface area contributed by atoms with Crippen LogP contribution in [0.5, 0.6) is 5.75 Å². The Labute approximate surface area is 175 Å². The summed E-state index contributed by atoms with van der Waals surface area (Å²) in [6.07, 6.45) is -4.57. The van der Waals surface area contributed by atoms with Gasteiger partial charge in [-0.25, -0.2) is 0 Å². The number of nitrogens with one attached hydrogen (secondary N) is 1. The molecule has 31 heavy (non-hydrogen) atoms. The average Bonchev–Trinajstić information content (AvgIpc) is 2.73. The molecule has 0 aliphatic rings. The van der Waals surface area contributed by atoms with Crippen LogP contribution >= 0.6 is 0 Å². The third-order valence-corrected chi connectivity index (χ3v) is 4.50. The normalized spacial score (nSPS) is 12.3. The first-order chi connectivity index (χ1) is 14.6. The maximum atomic E-state index is 13.0. The van der Waals surface area contributed by atoms with Gasteiger partial charge < -0.3 is 15.8 Å². The predicted octanol–water partition coefficient (Wildman–Crippen LogP) is 3.33. The minimum Gasteiger partial charge on any atom is -0.497 e. The highest BCUT2D eigenvalue weighted by atomic mass is 19.4. The number of carbonyl (C=O) groups excluding carboxylic acids is 1. The number of hydrogen-bond donors (Lipinski definition) is 2. The molecule has 0 radical (unpaired) electrons. The summed E-state index contributed by atoms with van der Waals surface area (Å²) in [5.74, 6) is -0.0781. The van der Waals surface area contributed by atoms with Crippen LogP contribution in [0.4, 0.5) is 18.9 Å². The van der Waals surface area contributed by atoms with E-state index in [1.807, 2.05) is 0 Å². The molecule has 3 rings (SSSR count). The van der Waals surface area contributed by atoms with Gasteiger partial charge in [-0.15, -0.1) is 0 Å². The van der Waals surface area contributed by atoms with Crippen molar-refractivity contribution in [1.29, 1.82) is 0 Å². The molecule has 1 heterocycles. The molecule has 3 aromatic rings. The molecule has 1 atom stereocenters. The molecule has 0 aliphatic heterocycles. The Morgan fingerprint density at radius 1 is 1.13 bits per heavy atom. The number of alkyl halides is 3. The lowest BCUT2D eigenvalue weighted by atomic mass is 10.0. The zero-order valence-corrected chi connectivity index (χ0v) is 16.6. The smallest absolute Gasteiger partial charge is 0.416 e. The maximum absolute atomic E-state index is 13.0. The van der Waals surface area contributed by atoms with Gasteiger partial charge in [0.25, 0.3) is 11.5 Å². The van der Waals surface area contributed by atoms with E-state index in [2.05, 4.69) is 10.4 Å². The molecule has 1 aromatic heterocycles. The molecule has 7 nitrogen and oxygen atoms in total. The molecule has 0 saturated carbocycles. The average molecular weight is 432 g/mol. The first-order valence-corrected chi connectivity index (χ1v) is 9.12. The van der Waals surface area contributed by atoms with Gasteiger partial charge in [-0.3, -0.25) is 9.59 Å². The molecular weight excluding hydrogens is 413 g/mol. The fourth-order valence-corrected chi connectivity index (χ4v) is 2.88. The fraction of sp³-hybridized carbons (Fsp3) is 0.190. The Kier molecular flexibility index (Phi) is 6.00. The highest BCUT2D eigenvalue weighted by Crippen LogP contribution is 2.32. The van der Waals surface area contributed by atoms with Gasteiger partial charge in [-0.1, -0.05) is 0 Å². The molecule has 0 fully saturated rings. The Balaban J connectivity index is 1.85. The molecule has 0 spiro atoms. The number of rotatable bonds is 5. The number of nitrogens with two attached hydrogens (primary N) is 1. The summed E-state index contributed by atoms with van der Waals surface area (Å²) < 4.78 is 45.2. The SMILES string of the molecule is COc1ccc(-n2nc(C(=O)N[C@H](C)c3cc(N)cc(C(F)(F)F)c3)ccc2=O)cc1. The molecular formula is C21H19F3N4O3. The fourth-order valence-electron chi connectivity index (χ4n) is 2.88. The van der Waals surface area contributed by atoms with Crippen molar-refractivity contribution in [3.63, 3.8) is 0 Å². The number of anilines is 1. The van der Waals surface area contributed by atoms with Crippen LogP contribution in [0.1, 0.15) is 34.6 Å². The summed E-state index contributed by atoms with van der Waals surface area (Å²) in [4.78, 5) is 24.8. The third kappa shape index (κ3) is 5.03. The van der Waals surface area contributed by atoms with E-state index in [0.29, 0.717) is 11.4 Å². The van der Waals surface area contributed by atoms with Gasteiger partial charge in [0.15, 0.2) is 0 Å². The van der Waals surface area contributed by atoms with Crippen molar-refractivity contribution in [2.24, 2.45) is 0 Å². The molecule has 0 bridgehead atoms. The van der Waals surface area contributed by atoms with E-state index in [1.54, 1.807) is 24.3 Å². The van der Waals surface area contributed by atoms with Crippen LogP contribution < -0.4 is 21.3 Å². The van der Waals surface area contributed by atoms with Crippen LogP contribution in [-0.4, -0.2) is 22.8 Å². The van der Waals surface area contributed by atoms with E-state index >= 15 is 0 Å². The Morgan fingerprint density at radius 3 is 2.42 bits per heavy atom. The van der Waals surface area contributed by atoms with Gasteiger partial charge in [0.05, 0.1) is 24.4 Å². The first kappa shape index (κ1) is 21.9. The van der Waals surface area contributed by atoms with Gasteiger partial charge in [0.2, 0.25) is 0 Å². The third-order valence-electron chi connectivity index (χ3n) is 4.50. The lowest BCUT2D eigenvalue weighted by Crippen LogP contribution is -2.30. The van der Waals surface area contributed by atoms with E-state index in [4.69, 9.17) is 10.5 Å². The van der Waals surface area contributed by atoms with Gasteiger partial charge >= 0.3 is 6.18 Å². The minimum absolute atomic E-state index is 0.0721. The van der Waals surface area contributed by atoms with Crippen LogP contribution in [0.3, 0.4) is 0 Å². The lowest BCUT2D eigenvalue weighted by Gasteiger charge is -2.17. The lowest BCUT2D eigenvalue weighted by molar-refractivity contribution is -0.137. The number of ether oxygens (including phenoxy) is 1. The molecule has 0 unspecified atom stereocenters. The van der Waals surface area contributed by atoms with Gasteiger partial charge in [-0.05, 0) is 61.0 Å². The summed E-state index contributed by atoms with van der Waals surface area (Å²) in [6, 6.07) is 11.2. The summed E-state index contributed by atoms with van der Waals surface area (Å²) in [6.45, 7) is 1.52. The van der Waals surface area contributed by atoms with E-state index in [0.717, 1.165) is 16.8 Å². The van der Waals surface area contributed by atoms with Gasteiger partial charge in [0, 0.05) is 11.8 Å². The zero-order chi connectivity index (χ0) is 22.8. The second kappa shape index (κ2) is 8.50. The van der Waals surface area contributed by atoms with Crippen LogP contribution in [0.2, 0.25) is 0 Å². The molecule has 0 saturated heterocycles. The van der Waals surface area contributed by atoms with Crippen LogP contribution in [-0.2, 0) is 6.18 Å². The first-order valence-electron chi connectivity index (χ1n) is 9.12.